The summed E-state index contributed by atoms with van der Waals surface area (Å²) in [6.45, 7) is 14.2. The minimum Gasteiger partial charge on any atom is -0.309 e. The summed E-state index contributed by atoms with van der Waals surface area (Å²) in [5.41, 5.74) is 1.40. The molecule has 0 bridgehead atoms. The van der Waals surface area contributed by atoms with Gasteiger partial charge in [-0.15, -0.1) is 11.3 Å². The Hall–Kier alpha value is -0.450. The molecule has 17 heavy (non-hydrogen) atoms. The molecule has 1 aliphatic heterocycles. The lowest BCUT2D eigenvalue weighted by Gasteiger charge is -2.43. The van der Waals surface area contributed by atoms with Crippen LogP contribution in [0.25, 0.3) is 0 Å². The average Bonchev–Trinajstić information content (AvgIpc) is 2.52. The molecule has 1 unspecified atom stereocenters. The third-order valence-electron chi connectivity index (χ3n) is 3.51. The number of thiazole rings is 1. The molecule has 2 rings (SSSR count). The minimum absolute atomic E-state index is 0.216. The van der Waals surface area contributed by atoms with E-state index < -0.39 is 0 Å². The van der Waals surface area contributed by atoms with Gasteiger partial charge in [0, 0.05) is 29.5 Å². The van der Waals surface area contributed by atoms with Gasteiger partial charge < -0.3 is 5.32 Å². The first-order chi connectivity index (χ1) is 7.87. The maximum Gasteiger partial charge on any atom is 0.107 e. The zero-order valence-electron chi connectivity index (χ0n) is 11.5. The maximum atomic E-state index is 4.64. The number of aromatic nitrogens is 1. The molecule has 1 saturated heterocycles. The SMILES string of the molecule is Cc1nc(CN2CC(C)(C)NCC2C)sc1C. The fourth-order valence-electron chi connectivity index (χ4n) is 2.26. The van der Waals surface area contributed by atoms with Gasteiger partial charge in [-0.3, -0.25) is 4.90 Å². The molecular weight excluding hydrogens is 230 g/mol. The molecule has 1 aliphatic rings. The van der Waals surface area contributed by atoms with Crippen molar-refractivity contribution in [1.29, 1.82) is 0 Å². The Bertz CT molecular complexity index is 378. The molecule has 0 amide bonds. The Morgan fingerprint density at radius 2 is 2.18 bits per heavy atom. The van der Waals surface area contributed by atoms with Gasteiger partial charge >= 0.3 is 0 Å². The molecule has 1 N–H and O–H groups in total. The Kier molecular flexibility index (Phi) is 3.57. The molecule has 2 heterocycles. The molecule has 0 aliphatic carbocycles. The second-order valence-electron chi connectivity index (χ2n) is 5.77. The van der Waals surface area contributed by atoms with Crippen LogP contribution in [0.2, 0.25) is 0 Å². The molecule has 1 aromatic heterocycles. The summed E-state index contributed by atoms with van der Waals surface area (Å²) < 4.78 is 0. The molecule has 96 valence electrons. The van der Waals surface area contributed by atoms with Gasteiger partial charge in [-0.25, -0.2) is 4.98 Å². The third kappa shape index (κ3) is 3.06. The highest BCUT2D eigenvalue weighted by atomic mass is 32.1. The summed E-state index contributed by atoms with van der Waals surface area (Å²) in [5.74, 6) is 0. The van der Waals surface area contributed by atoms with Gasteiger partial charge in [0.25, 0.3) is 0 Å². The fraction of sp³-hybridized carbons (Fsp3) is 0.769. The van der Waals surface area contributed by atoms with Crippen molar-refractivity contribution in [3.05, 3.63) is 15.6 Å². The summed E-state index contributed by atoms with van der Waals surface area (Å²) in [4.78, 5) is 8.53. The number of aryl methyl sites for hydroxylation is 2. The molecule has 3 nitrogen and oxygen atoms in total. The van der Waals surface area contributed by atoms with Crippen LogP contribution in [0.5, 0.6) is 0 Å². The standard InChI is InChI=1S/C13H23N3S/c1-9-6-14-13(4,5)8-16(9)7-12-15-10(2)11(3)17-12/h9,14H,6-8H2,1-5H3. The normalized spacial score (nSPS) is 25.1. The van der Waals surface area contributed by atoms with Crippen molar-refractivity contribution in [2.75, 3.05) is 13.1 Å². The summed E-state index contributed by atoms with van der Waals surface area (Å²) in [6, 6.07) is 0.590. The van der Waals surface area contributed by atoms with Crippen molar-refractivity contribution in [2.45, 2.75) is 52.7 Å². The van der Waals surface area contributed by atoms with Crippen molar-refractivity contribution in [1.82, 2.24) is 15.2 Å². The van der Waals surface area contributed by atoms with Crippen LogP contribution in [-0.2, 0) is 6.54 Å². The average molecular weight is 253 g/mol. The third-order valence-corrected chi connectivity index (χ3v) is 4.57. The van der Waals surface area contributed by atoms with E-state index in [-0.39, 0.29) is 5.54 Å². The van der Waals surface area contributed by atoms with E-state index in [1.807, 2.05) is 11.3 Å². The Morgan fingerprint density at radius 3 is 2.76 bits per heavy atom. The topological polar surface area (TPSA) is 28.2 Å². The first-order valence-corrected chi connectivity index (χ1v) is 7.11. The summed E-state index contributed by atoms with van der Waals surface area (Å²) >= 11 is 1.84. The number of nitrogens with zero attached hydrogens (tertiary/aromatic N) is 2. The number of nitrogens with one attached hydrogen (secondary N) is 1. The van der Waals surface area contributed by atoms with Crippen LogP contribution in [0, 0.1) is 13.8 Å². The van der Waals surface area contributed by atoms with Crippen molar-refractivity contribution >= 4 is 11.3 Å². The lowest BCUT2D eigenvalue weighted by Crippen LogP contribution is -2.60. The fourth-order valence-corrected chi connectivity index (χ4v) is 3.22. The maximum absolute atomic E-state index is 4.64. The van der Waals surface area contributed by atoms with Crippen LogP contribution in [0.15, 0.2) is 0 Å². The van der Waals surface area contributed by atoms with E-state index in [4.69, 9.17) is 0 Å². The Morgan fingerprint density at radius 1 is 1.47 bits per heavy atom. The summed E-state index contributed by atoms with van der Waals surface area (Å²) in [5, 5.41) is 4.84. The number of piperazine rings is 1. The van der Waals surface area contributed by atoms with Crippen molar-refractivity contribution < 1.29 is 0 Å². The second kappa shape index (κ2) is 4.67. The largest absolute Gasteiger partial charge is 0.309 e. The highest BCUT2D eigenvalue weighted by Gasteiger charge is 2.30. The van der Waals surface area contributed by atoms with E-state index in [1.165, 1.54) is 15.6 Å². The van der Waals surface area contributed by atoms with Gasteiger partial charge in [-0.1, -0.05) is 0 Å². The first kappa shape index (κ1) is 13.0. The highest BCUT2D eigenvalue weighted by molar-refractivity contribution is 7.11. The van der Waals surface area contributed by atoms with E-state index in [2.05, 4.69) is 49.8 Å². The zero-order valence-corrected chi connectivity index (χ0v) is 12.3. The quantitative estimate of drug-likeness (QED) is 0.877. The zero-order chi connectivity index (χ0) is 12.6. The van der Waals surface area contributed by atoms with Crippen molar-refractivity contribution in [3.63, 3.8) is 0 Å². The summed E-state index contributed by atoms with van der Waals surface area (Å²) in [7, 11) is 0. The Balaban J connectivity index is 2.06. The van der Waals surface area contributed by atoms with Gasteiger partial charge in [0.05, 0.1) is 12.2 Å². The van der Waals surface area contributed by atoms with Crippen LogP contribution < -0.4 is 5.32 Å². The molecule has 0 aromatic carbocycles. The molecular formula is C13H23N3S. The van der Waals surface area contributed by atoms with Gasteiger partial charge in [0.15, 0.2) is 0 Å². The monoisotopic (exact) mass is 253 g/mol. The van der Waals surface area contributed by atoms with Crippen molar-refractivity contribution in [3.8, 4) is 0 Å². The highest BCUT2D eigenvalue weighted by Crippen LogP contribution is 2.22. The van der Waals surface area contributed by atoms with Gasteiger partial charge in [0.2, 0.25) is 0 Å². The van der Waals surface area contributed by atoms with Crippen LogP contribution in [0.3, 0.4) is 0 Å². The lowest BCUT2D eigenvalue weighted by molar-refractivity contribution is 0.0976. The first-order valence-electron chi connectivity index (χ1n) is 6.29. The van der Waals surface area contributed by atoms with E-state index in [0.29, 0.717) is 6.04 Å². The van der Waals surface area contributed by atoms with Gasteiger partial charge in [-0.05, 0) is 34.6 Å². The molecule has 4 heteroatoms. The minimum atomic E-state index is 0.216. The van der Waals surface area contributed by atoms with Crippen molar-refractivity contribution in [2.24, 2.45) is 0 Å². The predicted octanol–water partition coefficient (Wildman–Crippen LogP) is 2.33. The van der Waals surface area contributed by atoms with Crippen LogP contribution in [0.4, 0.5) is 0 Å². The van der Waals surface area contributed by atoms with Crippen LogP contribution in [-0.4, -0.2) is 34.6 Å². The number of rotatable bonds is 2. The molecule has 1 fully saturated rings. The lowest BCUT2D eigenvalue weighted by atomic mass is 9.99. The number of hydrogen-bond acceptors (Lipinski definition) is 4. The predicted molar refractivity (Wildman–Crippen MR) is 73.5 cm³/mol. The number of hydrogen-bond donors (Lipinski definition) is 1. The molecule has 1 atom stereocenters. The second-order valence-corrected chi connectivity index (χ2v) is 7.06. The smallest absolute Gasteiger partial charge is 0.107 e. The molecule has 0 saturated carbocycles. The molecule has 0 radical (unpaired) electrons. The van der Waals surface area contributed by atoms with Gasteiger partial charge in [-0.2, -0.15) is 0 Å². The van der Waals surface area contributed by atoms with E-state index in [0.717, 1.165) is 19.6 Å². The van der Waals surface area contributed by atoms with Crippen LogP contribution in [0.1, 0.15) is 36.3 Å². The summed E-state index contributed by atoms with van der Waals surface area (Å²) in [6.07, 6.45) is 0. The van der Waals surface area contributed by atoms with Gasteiger partial charge in [0.1, 0.15) is 5.01 Å². The van der Waals surface area contributed by atoms with E-state index in [1.54, 1.807) is 0 Å². The van der Waals surface area contributed by atoms with E-state index >= 15 is 0 Å². The Labute approximate surface area is 108 Å². The molecule has 0 spiro atoms. The van der Waals surface area contributed by atoms with E-state index in [9.17, 15) is 0 Å². The molecule has 1 aromatic rings. The van der Waals surface area contributed by atoms with Crippen LogP contribution >= 0.6 is 11.3 Å².